The van der Waals surface area contributed by atoms with E-state index in [1.807, 2.05) is 0 Å². The molecule has 1 aliphatic rings. The van der Waals surface area contributed by atoms with E-state index in [1.165, 1.54) is 0 Å². The Bertz CT molecular complexity index is 987. The number of hydroxylamine groups is 2. The molecule has 0 spiro atoms. The average molecular weight is 607 g/mol. The summed E-state index contributed by atoms with van der Waals surface area (Å²) >= 11 is 23.1. The van der Waals surface area contributed by atoms with Crippen molar-refractivity contribution in [3.63, 3.8) is 0 Å². The zero-order valence-corrected chi connectivity index (χ0v) is 20.8. The highest BCUT2D eigenvalue weighted by molar-refractivity contribution is 6.55. The van der Waals surface area contributed by atoms with Gasteiger partial charge in [-0.25, -0.2) is 4.98 Å². The van der Waals surface area contributed by atoms with E-state index < -0.39 is 58.7 Å². The number of aromatic nitrogens is 1. The summed E-state index contributed by atoms with van der Waals surface area (Å²) in [6.07, 6.45) is -7.92. The Morgan fingerprint density at radius 3 is 2.33 bits per heavy atom. The molecule has 202 valence electrons. The molecule has 1 aliphatic heterocycles. The second-order valence-electron chi connectivity index (χ2n) is 7.08. The lowest BCUT2D eigenvalue weighted by atomic mass is 9.97. The normalized spacial score (nSPS) is 21.3. The first-order chi connectivity index (χ1) is 16.6. The van der Waals surface area contributed by atoms with Crippen LogP contribution in [0.25, 0.3) is 0 Å². The van der Waals surface area contributed by atoms with Crippen LogP contribution in [0.15, 0.2) is 39.7 Å². The number of amides is 1. The van der Waals surface area contributed by atoms with Gasteiger partial charge in [-0.2, -0.15) is 31.4 Å². The van der Waals surface area contributed by atoms with Crippen LogP contribution in [0.3, 0.4) is 0 Å². The molecule has 1 aromatic rings. The van der Waals surface area contributed by atoms with Gasteiger partial charge in [0.1, 0.15) is 10.3 Å². The topological polar surface area (TPSA) is 86.9 Å². The summed E-state index contributed by atoms with van der Waals surface area (Å²) in [7, 11) is 0. The molecule has 0 bridgehead atoms. The number of carbonyl (C=O) groups excluding carboxylic acids is 1. The fourth-order valence-electron chi connectivity index (χ4n) is 2.86. The van der Waals surface area contributed by atoms with Gasteiger partial charge < -0.3 is 15.2 Å². The summed E-state index contributed by atoms with van der Waals surface area (Å²) in [4.78, 5) is 18.3. The van der Waals surface area contributed by atoms with Crippen LogP contribution in [0.4, 0.5) is 26.3 Å². The summed E-state index contributed by atoms with van der Waals surface area (Å²) in [5.74, 6) is -2.11. The van der Waals surface area contributed by atoms with E-state index in [-0.39, 0.29) is 30.0 Å². The summed E-state index contributed by atoms with van der Waals surface area (Å²) < 4.78 is 89.2. The minimum atomic E-state index is -4.98. The first kappa shape index (κ1) is 30.6. The molecule has 17 heteroatoms. The minimum Gasteiger partial charge on any atom is -0.494 e. The van der Waals surface area contributed by atoms with Gasteiger partial charge in [-0.05, 0) is 12.1 Å². The van der Waals surface area contributed by atoms with E-state index in [9.17, 15) is 31.1 Å². The SMILES string of the molecule is NC(=O)C1(Cl)CN(OCC=C(Cl)Cl)C(C(F)(F)F)C(Cl)=C1OCCCOc1ccc(C(F)(F)F)cn1. The van der Waals surface area contributed by atoms with Gasteiger partial charge in [-0.15, -0.1) is 0 Å². The van der Waals surface area contributed by atoms with Crippen molar-refractivity contribution >= 4 is 52.3 Å². The largest absolute Gasteiger partial charge is 0.494 e. The number of ether oxygens (including phenoxy) is 2. The van der Waals surface area contributed by atoms with Crippen molar-refractivity contribution in [3.8, 4) is 5.88 Å². The number of carbonyl (C=O) groups is 1. The number of alkyl halides is 7. The molecule has 1 amide bonds. The Labute approximate surface area is 220 Å². The predicted octanol–water partition coefficient (Wildman–Crippen LogP) is 5.30. The second kappa shape index (κ2) is 12.3. The third-order valence-corrected chi connectivity index (χ3v) is 5.67. The number of hydrogen-bond donors (Lipinski definition) is 1. The van der Waals surface area contributed by atoms with Crippen LogP contribution in [0.5, 0.6) is 5.88 Å². The van der Waals surface area contributed by atoms with Gasteiger partial charge in [0, 0.05) is 18.7 Å². The van der Waals surface area contributed by atoms with Crippen LogP contribution < -0.4 is 10.5 Å². The van der Waals surface area contributed by atoms with Crippen molar-refractivity contribution < 1.29 is 45.4 Å². The minimum absolute atomic E-state index is 0.00197. The maximum Gasteiger partial charge on any atom is 0.417 e. The van der Waals surface area contributed by atoms with Gasteiger partial charge in [0.05, 0.1) is 37.0 Å². The van der Waals surface area contributed by atoms with Crippen molar-refractivity contribution in [1.29, 1.82) is 0 Å². The van der Waals surface area contributed by atoms with Crippen molar-refractivity contribution in [2.75, 3.05) is 26.4 Å². The van der Waals surface area contributed by atoms with Gasteiger partial charge in [-0.1, -0.05) is 46.4 Å². The lowest BCUT2D eigenvalue weighted by Gasteiger charge is -2.42. The highest BCUT2D eigenvalue weighted by Crippen LogP contribution is 2.44. The molecule has 0 saturated heterocycles. The van der Waals surface area contributed by atoms with Gasteiger partial charge in [0.25, 0.3) is 0 Å². The quantitative estimate of drug-likeness (QED) is 0.221. The Balaban J connectivity index is 2.12. The molecule has 0 saturated carbocycles. The van der Waals surface area contributed by atoms with Gasteiger partial charge in [-0.3, -0.25) is 9.63 Å². The molecular weight excluding hydrogens is 590 g/mol. The smallest absolute Gasteiger partial charge is 0.417 e. The fraction of sp³-hybridized carbons (Fsp3) is 0.474. The standard InChI is InChI=1S/C19H17Cl4F6N3O4/c20-11(21)4-7-36-32-9-17(23,16(30)33)15(13(22)14(32)19(27,28)29)35-6-1-5-34-12-3-2-10(8-31-12)18(24,25)26/h2-4,8,14H,1,5-7,9H2,(H2,30,33). The number of nitrogens with two attached hydrogens (primary N) is 1. The van der Waals surface area contributed by atoms with Crippen LogP contribution in [0.2, 0.25) is 0 Å². The Kier molecular flexibility index (Phi) is 10.4. The number of pyridine rings is 1. The van der Waals surface area contributed by atoms with Crippen molar-refractivity contribution in [2.45, 2.75) is 29.7 Å². The lowest BCUT2D eigenvalue weighted by Crippen LogP contribution is -2.60. The zero-order valence-electron chi connectivity index (χ0n) is 17.8. The van der Waals surface area contributed by atoms with Crippen molar-refractivity contribution in [3.05, 3.63) is 45.3 Å². The molecule has 0 fully saturated rings. The Morgan fingerprint density at radius 2 is 1.83 bits per heavy atom. The molecule has 7 nitrogen and oxygen atoms in total. The van der Waals surface area contributed by atoms with Crippen molar-refractivity contribution in [2.24, 2.45) is 5.73 Å². The first-order valence-corrected chi connectivity index (χ1v) is 11.2. The molecule has 2 rings (SSSR count). The highest BCUT2D eigenvalue weighted by atomic mass is 35.5. The summed E-state index contributed by atoms with van der Waals surface area (Å²) in [6, 6.07) is -0.797. The van der Waals surface area contributed by atoms with Crippen LogP contribution in [-0.4, -0.2) is 59.4 Å². The summed E-state index contributed by atoms with van der Waals surface area (Å²) in [6.45, 7) is -1.89. The molecule has 36 heavy (non-hydrogen) atoms. The monoisotopic (exact) mass is 605 g/mol. The number of primary amides is 1. The molecular formula is C19H17Cl4F6N3O4. The number of halogens is 10. The molecule has 0 aromatic carbocycles. The van der Waals surface area contributed by atoms with Gasteiger partial charge >= 0.3 is 12.4 Å². The predicted molar refractivity (Wildman–Crippen MR) is 118 cm³/mol. The number of rotatable bonds is 10. The molecule has 0 aliphatic carbocycles. The molecule has 2 unspecified atom stereocenters. The Hall–Kier alpha value is -1.64. The molecule has 2 N–H and O–H groups in total. The summed E-state index contributed by atoms with van der Waals surface area (Å²) in [5.41, 5.74) is 4.35. The van der Waals surface area contributed by atoms with Crippen LogP contribution in [-0.2, 0) is 20.5 Å². The molecule has 0 radical (unpaired) electrons. The number of nitrogens with zero attached hydrogens (tertiary/aromatic N) is 2. The van der Waals surface area contributed by atoms with Gasteiger partial charge in [0.15, 0.2) is 10.9 Å². The van der Waals surface area contributed by atoms with E-state index in [2.05, 4.69) is 4.98 Å². The average Bonchev–Trinajstić information content (AvgIpc) is 2.73. The Morgan fingerprint density at radius 1 is 1.19 bits per heavy atom. The van der Waals surface area contributed by atoms with E-state index in [1.54, 1.807) is 0 Å². The maximum atomic E-state index is 13.8. The van der Waals surface area contributed by atoms with Crippen LogP contribution in [0, 0.1) is 0 Å². The molecule has 2 heterocycles. The molecule has 2 atom stereocenters. The zero-order chi connectivity index (χ0) is 27.3. The highest BCUT2D eigenvalue weighted by Gasteiger charge is 2.58. The van der Waals surface area contributed by atoms with Gasteiger partial charge in [0.2, 0.25) is 11.8 Å². The lowest BCUT2D eigenvalue weighted by molar-refractivity contribution is -0.264. The summed E-state index contributed by atoms with van der Waals surface area (Å²) in [5, 5.41) is -0.673. The molecule has 1 aromatic heterocycles. The van der Waals surface area contributed by atoms with E-state index in [0.717, 1.165) is 18.2 Å². The first-order valence-electron chi connectivity index (χ1n) is 9.72. The van der Waals surface area contributed by atoms with Crippen LogP contribution >= 0.6 is 46.4 Å². The van der Waals surface area contributed by atoms with Crippen LogP contribution in [0.1, 0.15) is 12.0 Å². The fourth-order valence-corrected chi connectivity index (χ4v) is 3.75. The van der Waals surface area contributed by atoms with Crippen molar-refractivity contribution in [1.82, 2.24) is 10.0 Å². The second-order valence-corrected chi connectivity index (χ2v) is 9.14. The van der Waals surface area contributed by atoms with E-state index in [0.29, 0.717) is 11.3 Å². The number of hydrogen-bond acceptors (Lipinski definition) is 6. The van der Waals surface area contributed by atoms with E-state index >= 15 is 0 Å². The third-order valence-electron chi connectivity index (χ3n) is 4.51. The third kappa shape index (κ3) is 7.93. The van der Waals surface area contributed by atoms with E-state index in [4.69, 9.17) is 66.4 Å². The maximum absolute atomic E-state index is 13.8.